The van der Waals surface area contributed by atoms with Gasteiger partial charge in [-0.3, -0.25) is 13.9 Å². The van der Waals surface area contributed by atoms with Crippen LogP contribution in [0.5, 0.6) is 5.75 Å². The summed E-state index contributed by atoms with van der Waals surface area (Å²) in [5.41, 5.74) is -4.34. The molecule has 3 rings (SSSR count). The van der Waals surface area contributed by atoms with Crippen molar-refractivity contribution in [2.75, 3.05) is 15.7 Å². The lowest BCUT2D eigenvalue weighted by Crippen LogP contribution is -2.57. The van der Waals surface area contributed by atoms with E-state index in [2.05, 4.69) is 11.2 Å². The molecule has 0 saturated carbocycles. The maximum Gasteiger partial charge on any atom is 0.412 e. The predicted octanol–water partition coefficient (Wildman–Crippen LogP) is 5.59. The number of benzene rings is 1. The highest BCUT2D eigenvalue weighted by Crippen LogP contribution is 2.47. The van der Waals surface area contributed by atoms with Crippen LogP contribution in [0.25, 0.3) is 0 Å². The van der Waals surface area contributed by atoms with Crippen LogP contribution in [0.15, 0.2) is 23.2 Å². The van der Waals surface area contributed by atoms with E-state index in [1.807, 2.05) is 0 Å². The third-order valence-electron chi connectivity index (χ3n) is 6.58. The Hall–Kier alpha value is -3.18. The van der Waals surface area contributed by atoms with Gasteiger partial charge in [0.2, 0.25) is 0 Å². The maximum absolute atomic E-state index is 14.0. The van der Waals surface area contributed by atoms with Crippen molar-refractivity contribution in [2.45, 2.75) is 77.2 Å². The molecule has 1 aromatic heterocycles. The van der Waals surface area contributed by atoms with Gasteiger partial charge >= 0.3 is 12.3 Å². The molecule has 0 bridgehead atoms. The number of sulfonamides is 1. The Morgan fingerprint density at radius 2 is 1.92 bits per heavy atom. The van der Waals surface area contributed by atoms with Crippen LogP contribution < -0.4 is 13.9 Å². The van der Waals surface area contributed by atoms with Crippen LogP contribution in [-0.2, 0) is 16.6 Å². The molecule has 1 N–H and O–H groups in total. The van der Waals surface area contributed by atoms with Gasteiger partial charge in [0.1, 0.15) is 22.3 Å². The van der Waals surface area contributed by atoms with Gasteiger partial charge in [0.05, 0.1) is 29.4 Å². The van der Waals surface area contributed by atoms with Gasteiger partial charge in [0.15, 0.2) is 5.15 Å². The summed E-state index contributed by atoms with van der Waals surface area (Å²) >= 11 is 6.17. The van der Waals surface area contributed by atoms with E-state index >= 15 is 0 Å². The summed E-state index contributed by atoms with van der Waals surface area (Å²) in [6.45, 7) is 7.79. The molecule has 214 valence electrons. The first kappa shape index (κ1) is 30.4. The zero-order chi connectivity index (χ0) is 29.7. The molecule has 1 atom stereocenters. The van der Waals surface area contributed by atoms with E-state index in [1.54, 1.807) is 20.8 Å². The molecule has 1 aliphatic rings. The zero-order valence-corrected chi connectivity index (χ0v) is 23.7. The molecule has 1 aromatic carbocycles. The second-order valence-corrected chi connectivity index (χ2v) is 12.5. The van der Waals surface area contributed by atoms with Gasteiger partial charge in [0.25, 0.3) is 10.0 Å². The number of ether oxygens (including phenoxy) is 1. The number of aromatic nitrogens is 2. The number of alkyl halides is 3. The van der Waals surface area contributed by atoms with E-state index in [0.29, 0.717) is 20.4 Å². The van der Waals surface area contributed by atoms with Crippen LogP contribution >= 0.6 is 11.6 Å². The Bertz CT molecular complexity index is 1430. The van der Waals surface area contributed by atoms with Gasteiger partial charge in [-0.05, 0) is 53.7 Å². The van der Waals surface area contributed by atoms with E-state index in [-0.39, 0.29) is 50.6 Å². The van der Waals surface area contributed by atoms with Gasteiger partial charge < -0.3 is 9.84 Å². The van der Waals surface area contributed by atoms with Crippen molar-refractivity contribution < 1.29 is 36.2 Å². The Kier molecular flexibility index (Phi) is 7.86. The molecule has 0 radical (unpaired) electrons. The first-order chi connectivity index (χ1) is 17.8. The Labute approximate surface area is 229 Å². The van der Waals surface area contributed by atoms with Crippen molar-refractivity contribution in [3.05, 3.63) is 29.0 Å². The lowest BCUT2D eigenvalue weighted by molar-refractivity contribution is -0.175. The van der Waals surface area contributed by atoms with Crippen molar-refractivity contribution >= 4 is 39.1 Å². The van der Waals surface area contributed by atoms with E-state index in [1.165, 1.54) is 23.9 Å². The van der Waals surface area contributed by atoms with Crippen molar-refractivity contribution in [3.8, 4) is 11.8 Å². The number of amides is 1. The molecule has 2 aromatic rings. The lowest BCUT2D eigenvalue weighted by Gasteiger charge is -2.41. The minimum atomic E-state index is -4.95. The quantitative estimate of drug-likeness (QED) is 0.444. The van der Waals surface area contributed by atoms with Crippen LogP contribution in [0, 0.1) is 23.7 Å². The number of hydrogen-bond donors (Lipinski definition) is 1. The van der Waals surface area contributed by atoms with Crippen molar-refractivity contribution in [2.24, 2.45) is 5.41 Å². The molecule has 10 nitrogen and oxygen atoms in total. The van der Waals surface area contributed by atoms with Crippen LogP contribution in [0.1, 0.15) is 46.6 Å². The monoisotopic (exact) mass is 591 g/mol. The van der Waals surface area contributed by atoms with E-state index in [4.69, 9.17) is 16.3 Å². The number of rotatable bonds is 7. The standard InChI is InChI=1S/C24H29ClF3N5O5S/c1-7-31-12-18(20(25)30-31)39(36,37)32-11-15(10-22(3,4)13-29)38-17-9-8-16(14(2)19(17)32)33(21(34)35)23(5,6)24(26,27)28/h8-9,12,15H,7,10-11H2,1-6H3,(H,34,35)/t15-/m1/s1. The summed E-state index contributed by atoms with van der Waals surface area (Å²) < 4.78 is 78.0. The fourth-order valence-electron chi connectivity index (χ4n) is 4.35. The van der Waals surface area contributed by atoms with E-state index in [9.17, 15) is 36.8 Å². The fourth-order valence-corrected chi connectivity index (χ4v) is 6.36. The zero-order valence-electron chi connectivity index (χ0n) is 22.2. The summed E-state index contributed by atoms with van der Waals surface area (Å²) in [6.07, 6.45) is -6.29. The van der Waals surface area contributed by atoms with Crippen LogP contribution in [0.4, 0.5) is 29.3 Å². The van der Waals surface area contributed by atoms with Gasteiger partial charge in [-0.2, -0.15) is 23.5 Å². The van der Waals surface area contributed by atoms with Crippen molar-refractivity contribution in [1.29, 1.82) is 5.26 Å². The molecule has 0 aliphatic carbocycles. The number of halogens is 4. The normalized spacial score (nSPS) is 16.3. The third kappa shape index (κ3) is 5.47. The molecule has 0 spiro atoms. The average Bonchev–Trinajstić information content (AvgIpc) is 3.20. The van der Waals surface area contributed by atoms with Crippen LogP contribution in [-0.4, -0.2) is 53.8 Å². The highest BCUT2D eigenvalue weighted by atomic mass is 35.5. The number of aryl methyl sites for hydroxylation is 1. The van der Waals surface area contributed by atoms with Gasteiger partial charge in [-0.25, -0.2) is 13.2 Å². The largest absolute Gasteiger partial charge is 0.486 e. The molecule has 0 saturated heterocycles. The topological polar surface area (TPSA) is 129 Å². The van der Waals surface area contributed by atoms with Crippen molar-refractivity contribution in [1.82, 2.24) is 9.78 Å². The maximum atomic E-state index is 14.0. The first-order valence-corrected chi connectivity index (χ1v) is 13.7. The molecule has 0 unspecified atom stereocenters. The summed E-state index contributed by atoms with van der Waals surface area (Å²) in [4.78, 5) is 12.0. The number of carbonyl (C=O) groups is 1. The highest BCUT2D eigenvalue weighted by Gasteiger charge is 2.54. The highest BCUT2D eigenvalue weighted by molar-refractivity contribution is 7.93. The minimum absolute atomic E-state index is 0.000950. The second-order valence-electron chi connectivity index (χ2n) is 10.3. The summed E-state index contributed by atoms with van der Waals surface area (Å²) in [7, 11) is -4.47. The molecule has 0 fully saturated rings. The number of carboxylic acid groups (broad SMARTS) is 1. The molecule has 1 amide bonds. The predicted molar refractivity (Wildman–Crippen MR) is 138 cm³/mol. The fraction of sp³-hybridized carbons (Fsp3) is 0.542. The van der Waals surface area contributed by atoms with Gasteiger partial charge in [-0.15, -0.1) is 0 Å². The van der Waals surface area contributed by atoms with E-state index < -0.39 is 39.4 Å². The van der Waals surface area contributed by atoms with Crippen LogP contribution in [0.2, 0.25) is 5.15 Å². The van der Waals surface area contributed by atoms with Gasteiger partial charge in [-0.1, -0.05) is 11.6 Å². The number of fused-ring (bicyclic) bond motifs is 1. The van der Waals surface area contributed by atoms with Crippen LogP contribution in [0.3, 0.4) is 0 Å². The molecule has 1 aliphatic heterocycles. The Balaban J connectivity index is 2.29. The number of hydrogen-bond acceptors (Lipinski definition) is 6. The number of nitrogens with zero attached hydrogens (tertiary/aromatic N) is 5. The molecular weight excluding hydrogens is 563 g/mol. The lowest BCUT2D eigenvalue weighted by atomic mass is 9.88. The first-order valence-electron chi connectivity index (χ1n) is 11.9. The molecule has 2 heterocycles. The third-order valence-corrected chi connectivity index (χ3v) is 8.74. The number of anilines is 2. The number of nitriles is 1. The molecule has 39 heavy (non-hydrogen) atoms. The SMILES string of the molecule is CCn1cc(S(=O)(=O)N2C[C@@H](CC(C)(C)C#N)Oc3ccc(N(C(=O)O)C(C)(C)C(F)(F)F)c(C)c32)c(Cl)n1. The van der Waals surface area contributed by atoms with Gasteiger partial charge in [0, 0.05) is 24.7 Å². The van der Waals surface area contributed by atoms with Crippen molar-refractivity contribution in [3.63, 3.8) is 0 Å². The Morgan fingerprint density at radius 1 is 1.31 bits per heavy atom. The van der Waals surface area contributed by atoms with E-state index in [0.717, 1.165) is 10.4 Å². The molecule has 15 heteroatoms. The molecular formula is C24H29ClF3N5O5S. The summed E-state index contributed by atoms with van der Waals surface area (Å²) in [6, 6.07) is 4.50. The summed E-state index contributed by atoms with van der Waals surface area (Å²) in [5, 5.41) is 23.0. The summed E-state index contributed by atoms with van der Waals surface area (Å²) in [5.74, 6) is -0.000950. The average molecular weight is 592 g/mol. The Morgan fingerprint density at radius 3 is 2.41 bits per heavy atom. The smallest absolute Gasteiger partial charge is 0.412 e. The second kappa shape index (κ2) is 10.1. The minimum Gasteiger partial charge on any atom is -0.486 e.